The molecule has 5 heteroatoms. The average Bonchev–Trinajstić information content (AvgIpc) is 3.76. The molecule has 7 aromatic carbocycles. The smallest absolute Gasteiger partial charge is 0.164 e. The van der Waals surface area contributed by atoms with Crippen molar-refractivity contribution in [3.8, 4) is 51.0 Å². The van der Waals surface area contributed by atoms with Gasteiger partial charge >= 0.3 is 0 Å². The van der Waals surface area contributed by atoms with Crippen LogP contribution >= 0.6 is 11.3 Å². The first kappa shape index (κ1) is 24.7. The fraction of sp³-hybridized carbons (Fsp3) is 0. The molecule has 234 valence electrons. The maximum atomic E-state index is 9.49. The van der Waals surface area contributed by atoms with Crippen LogP contribution in [0.15, 0.2) is 170 Å². The van der Waals surface area contributed by atoms with E-state index in [1.54, 1.807) is 11.3 Å². The lowest BCUT2D eigenvalue weighted by Crippen LogP contribution is -2.00. The lowest BCUT2D eigenvalue weighted by Gasteiger charge is -2.11. The van der Waals surface area contributed by atoms with Crippen molar-refractivity contribution in [2.75, 3.05) is 0 Å². The van der Waals surface area contributed by atoms with E-state index in [4.69, 9.17) is 15.0 Å². The molecule has 0 radical (unpaired) electrons. The summed E-state index contributed by atoms with van der Waals surface area (Å²) in [6.45, 7) is 0. The van der Waals surface area contributed by atoms with Crippen LogP contribution in [0.4, 0.5) is 0 Å². The Bertz CT molecular complexity index is 3020. The topological polar surface area (TPSA) is 43.6 Å². The van der Waals surface area contributed by atoms with Crippen LogP contribution in [-0.2, 0) is 0 Å². The van der Waals surface area contributed by atoms with Crippen molar-refractivity contribution in [3.05, 3.63) is 170 Å². The lowest BCUT2D eigenvalue weighted by molar-refractivity contribution is 1.07. The molecule has 0 saturated carbocycles. The van der Waals surface area contributed by atoms with Crippen molar-refractivity contribution in [2.45, 2.75) is 0 Å². The molecule has 0 amide bonds. The summed E-state index contributed by atoms with van der Waals surface area (Å²) in [6, 6.07) is 47.2. The SMILES string of the molecule is [2H]c1c([2H])c(-n2c3ccccc3c3ccc(-c4cccc5c4sc4ccccc45)cc32)c([2H])c([2H])c1-c1nc(-c2ccccc2)nc(-c2ccccc2)n1. The van der Waals surface area contributed by atoms with Gasteiger partial charge in [0.1, 0.15) is 0 Å². The normalized spacial score (nSPS) is 12.7. The Morgan fingerprint density at radius 1 is 0.440 bits per heavy atom. The van der Waals surface area contributed by atoms with Gasteiger partial charge in [-0.15, -0.1) is 11.3 Å². The van der Waals surface area contributed by atoms with Gasteiger partial charge in [0.05, 0.1) is 16.5 Å². The molecule has 0 aliphatic carbocycles. The first-order valence-corrected chi connectivity index (χ1v) is 17.2. The molecule has 10 aromatic rings. The van der Waals surface area contributed by atoms with E-state index in [0.717, 1.165) is 44.1 Å². The first-order chi connectivity index (χ1) is 26.5. The molecule has 0 aliphatic heterocycles. The zero-order chi connectivity index (χ0) is 36.5. The molecule has 4 nitrogen and oxygen atoms in total. The van der Waals surface area contributed by atoms with Crippen LogP contribution in [0.25, 0.3) is 93.0 Å². The van der Waals surface area contributed by atoms with E-state index in [1.807, 2.05) is 89.5 Å². The van der Waals surface area contributed by atoms with E-state index in [1.165, 1.54) is 20.2 Å². The van der Waals surface area contributed by atoms with Crippen molar-refractivity contribution < 1.29 is 5.48 Å². The van der Waals surface area contributed by atoms with Gasteiger partial charge < -0.3 is 4.57 Å². The second-order valence-electron chi connectivity index (χ2n) is 12.1. The minimum absolute atomic E-state index is 0.0170. The maximum Gasteiger partial charge on any atom is 0.164 e. The molecule has 0 spiro atoms. The summed E-state index contributed by atoms with van der Waals surface area (Å²) in [6.07, 6.45) is 0. The number of thiophene rings is 1. The van der Waals surface area contributed by atoms with Gasteiger partial charge in [0.25, 0.3) is 0 Å². The van der Waals surface area contributed by atoms with Crippen LogP contribution < -0.4 is 0 Å². The third kappa shape index (κ3) is 4.71. The number of fused-ring (bicyclic) bond motifs is 6. The molecule has 0 N–H and O–H groups in total. The van der Waals surface area contributed by atoms with Gasteiger partial charge in [0, 0.05) is 53.3 Å². The van der Waals surface area contributed by atoms with Crippen LogP contribution in [0.2, 0.25) is 0 Å². The summed E-state index contributed by atoms with van der Waals surface area (Å²) in [5.74, 6) is 0.833. The molecule has 3 heterocycles. The Hall–Kier alpha value is -6.43. The second kappa shape index (κ2) is 11.6. The molecule has 0 aliphatic rings. The number of aromatic nitrogens is 4. The summed E-state index contributed by atoms with van der Waals surface area (Å²) in [5.41, 5.74) is 5.36. The first-order valence-electron chi connectivity index (χ1n) is 18.4. The zero-order valence-corrected chi connectivity index (χ0v) is 27.4. The molecular formula is C45H28N4S. The third-order valence-electron chi connectivity index (χ3n) is 9.15. The second-order valence-corrected chi connectivity index (χ2v) is 13.2. The van der Waals surface area contributed by atoms with E-state index < -0.39 is 0 Å². The highest BCUT2D eigenvalue weighted by molar-refractivity contribution is 7.26. The molecule has 0 saturated heterocycles. The highest BCUT2D eigenvalue weighted by atomic mass is 32.1. The fourth-order valence-corrected chi connectivity index (χ4v) is 8.04. The number of para-hydroxylation sites is 1. The Labute approximate surface area is 298 Å². The van der Waals surface area contributed by atoms with Gasteiger partial charge in [-0.2, -0.15) is 0 Å². The molecule has 10 rings (SSSR count). The molecule has 0 unspecified atom stereocenters. The average molecular weight is 661 g/mol. The van der Waals surface area contributed by atoms with Gasteiger partial charge in [-0.3, -0.25) is 0 Å². The number of nitrogens with zero attached hydrogens (tertiary/aromatic N) is 4. The Morgan fingerprint density at radius 2 is 1.02 bits per heavy atom. The number of hydrogen-bond acceptors (Lipinski definition) is 4. The van der Waals surface area contributed by atoms with Gasteiger partial charge in [0.2, 0.25) is 0 Å². The Morgan fingerprint density at radius 3 is 1.74 bits per heavy atom. The predicted octanol–water partition coefficient (Wildman–Crippen LogP) is 12.0. The molecule has 0 bridgehead atoms. The lowest BCUT2D eigenvalue weighted by atomic mass is 10.0. The van der Waals surface area contributed by atoms with Crippen molar-refractivity contribution in [1.82, 2.24) is 19.5 Å². The van der Waals surface area contributed by atoms with E-state index in [-0.39, 0.29) is 41.2 Å². The highest BCUT2D eigenvalue weighted by Crippen LogP contribution is 2.42. The quantitative estimate of drug-likeness (QED) is 0.184. The van der Waals surface area contributed by atoms with Crippen LogP contribution in [0, 0.1) is 0 Å². The van der Waals surface area contributed by atoms with Gasteiger partial charge in [0.15, 0.2) is 17.5 Å². The molecule has 3 aromatic heterocycles. The highest BCUT2D eigenvalue weighted by Gasteiger charge is 2.17. The van der Waals surface area contributed by atoms with Gasteiger partial charge in [-0.25, -0.2) is 15.0 Å². The fourth-order valence-electron chi connectivity index (χ4n) is 6.80. The van der Waals surface area contributed by atoms with Crippen molar-refractivity contribution in [3.63, 3.8) is 0 Å². The number of hydrogen-bond donors (Lipinski definition) is 0. The largest absolute Gasteiger partial charge is 0.309 e. The van der Waals surface area contributed by atoms with Crippen molar-refractivity contribution in [2.24, 2.45) is 0 Å². The minimum atomic E-state index is -0.229. The van der Waals surface area contributed by atoms with Crippen LogP contribution in [0.5, 0.6) is 0 Å². The monoisotopic (exact) mass is 660 g/mol. The predicted molar refractivity (Wildman–Crippen MR) is 209 cm³/mol. The molecular weight excluding hydrogens is 629 g/mol. The van der Waals surface area contributed by atoms with E-state index >= 15 is 0 Å². The van der Waals surface area contributed by atoms with Crippen LogP contribution in [-0.4, -0.2) is 19.5 Å². The Balaban J connectivity index is 1.21. The standard InChI is InChI=1S/C45H28N4S/c1-3-12-29(13-4-1)43-46-44(30-14-5-2-6-15-30)48-45(47-43)31-22-25-33(26-23-31)49-39-20-9-7-16-35(39)36-27-24-32(28-40(36)49)34-18-11-19-38-37-17-8-10-21-41(37)50-42(34)38/h1-28H/i22D,23D,25D,26D. The van der Waals surface area contributed by atoms with E-state index in [0.29, 0.717) is 11.6 Å². The number of benzene rings is 7. The molecule has 0 fully saturated rings. The van der Waals surface area contributed by atoms with E-state index in [9.17, 15) is 5.48 Å². The minimum Gasteiger partial charge on any atom is -0.309 e. The summed E-state index contributed by atoms with van der Waals surface area (Å²) < 4.78 is 42.1. The third-order valence-corrected chi connectivity index (χ3v) is 10.4. The number of rotatable bonds is 5. The van der Waals surface area contributed by atoms with Crippen LogP contribution in [0.3, 0.4) is 0 Å². The summed E-state index contributed by atoms with van der Waals surface area (Å²) in [4.78, 5) is 14.2. The van der Waals surface area contributed by atoms with Crippen molar-refractivity contribution in [1.29, 1.82) is 0 Å². The Kier molecular flexibility index (Phi) is 5.73. The van der Waals surface area contributed by atoms with E-state index in [2.05, 4.69) is 60.7 Å². The zero-order valence-electron chi connectivity index (χ0n) is 30.6. The maximum absolute atomic E-state index is 9.49. The van der Waals surface area contributed by atoms with Crippen molar-refractivity contribution >= 4 is 53.3 Å². The summed E-state index contributed by atoms with van der Waals surface area (Å²) in [7, 11) is 0. The van der Waals surface area contributed by atoms with Crippen LogP contribution in [0.1, 0.15) is 5.48 Å². The van der Waals surface area contributed by atoms with Gasteiger partial charge in [-0.05, 0) is 53.5 Å². The summed E-state index contributed by atoms with van der Waals surface area (Å²) in [5, 5.41) is 4.34. The summed E-state index contributed by atoms with van der Waals surface area (Å²) >= 11 is 1.77. The van der Waals surface area contributed by atoms with Gasteiger partial charge in [-0.1, -0.05) is 127 Å². The molecule has 50 heavy (non-hydrogen) atoms. The molecule has 0 atom stereocenters.